The van der Waals surface area contributed by atoms with Crippen LogP contribution in [0.5, 0.6) is 5.75 Å². The molecule has 1 rings (SSSR count). The second-order valence-corrected chi connectivity index (χ2v) is 5.50. The van der Waals surface area contributed by atoms with Gasteiger partial charge in [-0.3, -0.25) is 0 Å². The molecule has 0 heterocycles. The van der Waals surface area contributed by atoms with Crippen molar-refractivity contribution >= 4 is 11.6 Å². The normalized spacial score (nSPS) is 14.1. The SMILES string of the molecule is CCCOc1ccc(Cl)cc1CCC(O)C(O)CCC. The first-order valence-electron chi connectivity index (χ1n) is 7.35. The standard InChI is InChI=1S/C16H25ClO3/c1-3-5-14(18)15(19)8-6-12-11-13(17)7-9-16(12)20-10-4-2/h7,9,11,14-15,18-19H,3-6,8,10H2,1-2H3. The summed E-state index contributed by atoms with van der Waals surface area (Å²) < 4.78 is 5.68. The number of ether oxygens (including phenoxy) is 1. The van der Waals surface area contributed by atoms with Gasteiger partial charge in [0.1, 0.15) is 5.75 Å². The lowest BCUT2D eigenvalue weighted by Crippen LogP contribution is -2.26. The van der Waals surface area contributed by atoms with Gasteiger partial charge in [0.15, 0.2) is 0 Å². The van der Waals surface area contributed by atoms with E-state index in [9.17, 15) is 10.2 Å². The number of hydrogen-bond acceptors (Lipinski definition) is 3. The number of benzene rings is 1. The molecule has 0 aliphatic rings. The lowest BCUT2D eigenvalue weighted by molar-refractivity contribution is 0.00972. The minimum atomic E-state index is -0.701. The Balaban J connectivity index is 2.63. The van der Waals surface area contributed by atoms with E-state index in [1.807, 2.05) is 19.1 Å². The molecule has 1 aromatic rings. The van der Waals surface area contributed by atoms with Crippen molar-refractivity contribution in [3.8, 4) is 5.75 Å². The zero-order valence-electron chi connectivity index (χ0n) is 12.3. The third-order valence-electron chi connectivity index (χ3n) is 3.22. The molecule has 0 saturated carbocycles. The largest absolute Gasteiger partial charge is 0.493 e. The van der Waals surface area contributed by atoms with Crippen LogP contribution >= 0.6 is 11.6 Å². The molecule has 20 heavy (non-hydrogen) atoms. The number of aliphatic hydroxyl groups is 2. The Morgan fingerprint density at radius 2 is 1.80 bits per heavy atom. The summed E-state index contributed by atoms with van der Waals surface area (Å²) in [6, 6.07) is 5.53. The maximum atomic E-state index is 9.92. The number of aliphatic hydroxyl groups excluding tert-OH is 2. The van der Waals surface area contributed by atoms with Crippen molar-refractivity contribution in [2.45, 2.75) is 58.2 Å². The molecule has 0 spiro atoms. The van der Waals surface area contributed by atoms with E-state index < -0.39 is 12.2 Å². The highest BCUT2D eigenvalue weighted by Gasteiger charge is 2.16. The van der Waals surface area contributed by atoms with Crippen LogP contribution in [0.1, 0.15) is 45.1 Å². The minimum absolute atomic E-state index is 0.504. The molecule has 2 unspecified atom stereocenters. The molecular weight excluding hydrogens is 276 g/mol. The average molecular weight is 301 g/mol. The Labute approximate surface area is 126 Å². The van der Waals surface area contributed by atoms with Crippen molar-refractivity contribution in [3.63, 3.8) is 0 Å². The van der Waals surface area contributed by atoms with E-state index in [2.05, 4.69) is 6.92 Å². The average Bonchev–Trinajstić information content (AvgIpc) is 2.44. The number of hydrogen-bond donors (Lipinski definition) is 2. The molecule has 0 saturated heterocycles. The third-order valence-corrected chi connectivity index (χ3v) is 3.46. The van der Waals surface area contributed by atoms with Crippen molar-refractivity contribution in [2.24, 2.45) is 0 Å². The molecular formula is C16H25ClO3. The van der Waals surface area contributed by atoms with Crippen molar-refractivity contribution in [3.05, 3.63) is 28.8 Å². The Kier molecular flexibility index (Phi) is 7.97. The molecule has 0 radical (unpaired) electrons. The Bertz CT molecular complexity index is 395. The highest BCUT2D eigenvalue weighted by Crippen LogP contribution is 2.25. The molecule has 0 aromatic heterocycles. The van der Waals surface area contributed by atoms with Crippen LogP contribution in [0.15, 0.2) is 18.2 Å². The summed E-state index contributed by atoms with van der Waals surface area (Å²) in [6.45, 7) is 4.71. The first-order chi connectivity index (χ1) is 9.58. The van der Waals surface area contributed by atoms with Crippen LogP contribution in [-0.4, -0.2) is 29.0 Å². The summed E-state index contributed by atoms with van der Waals surface area (Å²) in [4.78, 5) is 0. The first kappa shape index (κ1) is 17.3. The summed E-state index contributed by atoms with van der Waals surface area (Å²) in [5.41, 5.74) is 0.980. The summed E-state index contributed by atoms with van der Waals surface area (Å²) in [5, 5.41) is 20.3. The molecule has 0 aliphatic carbocycles. The zero-order chi connectivity index (χ0) is 15.0. The fourth-order valence-corrected chi connectivity index (χ4v) is 2.27. The van der Waals surface area contributed by atoms with Gasteiger partial charge in [0, 0.05) is 5.02 Å². The summed E-state index contributed by atoms with van der Waals surface area (Å²) in [6.07, 6.45) is 2.22. The Morgan fingerprint density at radius 3 is 2.45 bits per heavy atom. The predicted molar refractivity (Wildman–Crippen MR) is 82.5 cm³/mol. The number of rotatable bonds is 9. The van der Waals surface area contributed by atoms with Crippen LogP contribution in [0.3, 0.4) is 0 Å². The van der Waals surface area contributed by atoms with Gasteiger partial charge in [-0.25, -0.2) is 0 Å². The van der Waals surface area contributed by atoms with E-state index in [0.717, 1.165) is 24.2 Å². The summed E-state index contributed by atoms with van der Waals surface area (Å²) in [7, 11) is 0. The highest BCUT2D eigenvalue weighted by atomic mass is 35.5. The van der Waals surface area contributed by atoms with Crippen molar-refractivity contribution in [1.29, 1.82) is 0 Å². The molecule has 0 bridgehead atoms. The maximum Gasteiger partial charge on any atom is 0.122 e. The minimum Gasteiger partial charge on any atom is -0.493 e. The van der Waals surface area contributed by atoms with Crippen LogP contribution in [0.2, 0.25) is 5.02 Å². The van der Waals surface area contributed by atoms with Crippen molar-refractivity contribution in [1.82, 2.24) is 0 Å². The van der Waals surface area contributed by atoms with Gasteiger partial charge in [-0.05, 0) is 49.4 Å². The monoisotopic (exact) mass is 300 g/mol. The second kappa shape index (κ2) is 9.22. The smallest absolute Gasteiger partial charge is 0.122 e. The fraction of sp³-hybridized carbons (Fsp3) is 0.625. The summed E-state index contributed by atoms with van der Waals surface area (Å²) in [5.74, 6) is 0.813. The van der Waals surface area contributed by atoms with Gasteiger partial charge in [0.25, 0.3) is 0 Å². The van der Waals surface area contributed by atoms with Gasteiger partial charge in [0.2, 0.25) is 0 Å². The van der Waals surface area contributed by atoms with Crippen molar-refractivity contribution < 1.29 is 14.9 Å². The molecule has 2 atom stereocenters. The maximum absolute atomic E-state index is 9.92. The fourth-order valence-electron chi connectivity index (χ4n) is 2.08. The lowest BCUT2D eigenvalue weighted by atomic mass is 10.0. The van der Waals surface area contributed by atoms with Gasteiger partial charge < -0.3 is 14.9 Å². The molecule has 1 aromatic carbocycles. The van der Waals surface area contributed by atoms with Gasteiger partial charge >= 0.3 is 0 Å². The van der Waals surface area contributed by atoms with Gasteiger partial charge in [-0.2, -0.15) is 0 Å². The van der Waals surface area contributed by atoms with Crippen LogP contribution in [0.25, 0.3) is 0 Å². The van der Waals surface area contributed by atoms with Crippen LogP contribution in [-0.2, 0) is 6.42 Å². The second-order valence-electron chi connectivity index (χ2n) is 5.06. The Hall–Kier alpha value is -0.770. The third kappa shape index (κ3) is 5.70. The summed E-state index contributed by atoms with van der Waals surface area (Å²) >= 11 is 6.01. The van der Waals surface area contributed by atoms with E-state index in [1.165, 1.54) is 0 Å². The van der Waals surface area contributed by atoms with Crippen molar-refractivity contribution in [2.75, 3.05) is 6.61 Å². The number of aryl methyl sites for hydroxylation is 1. The number of halogens is 1. The molecule has 2 N–H and O–H groups in total. The highest BCUT2D eigenvalue weighted by molar-refractivity contribution is 6.30. The van der Waals surface area contributed by atoms with Gasteiger partial charge in [-0.15, -0.1) is 0 Å². The molecule has 3 nitrogen and oxygen atoms in total. The quantitative estimate of drug-likeness (QED) is 0.733. The molecule has 0 amide bonds. The molecule has 4 heteroatoms. The van der Waals surface area contributed by atoms with E-state index in [1.54, 1.807) is 6.07 Å². The van der Waals surface area contributed by atoms with E-state index in [0.29, 0.717) is 30.9 Å². The predicted octanol–water partition coefficient (Wildman–Crippen LogP) is 3.58. The zero-order valence-corrected chi connectivity index (χ0v) is 13.1. The topological polar surface area (TPSA) is 49.7 Å². The first-order valence-corrected chi connectivity index (χ1v) is 7.73. The van der Waals surface area contributed by atoms with E-state index >= 15 is 0 Å². The van der Waals surface area contributed by atoms with E-state index in [-0.39, 0.29) is 0 Å². The van der Waals surface area contributed by atoms with Gasteiger partial charge in [0.05, 0.1) is 18.8 Å². The van der Waals surface area contributed by atoms with Crippen LogP contribution < -0.4 is 4.74 Å². The lowest BCUT2D eigenvalue weighted by Gasteiger charge is -2.18. The molecule has 0 aliphatic heterocycles. The Morgan fingerprint density at radius 1 is 1.10 bits per heavy atom. The van der Waals surface area contributed by atoms with Crippen LogP contribution in [0.4, 0.5) is 0 Å². The van der Waals surface area contributed by atoms with Gasteiger partial charge in [-0.1, -0.05) is 31.9 Å². The molecule has 114 valence electrons. The molecule has 0 fully saturated rings. The van der Waals surface area contributed by atoms with E-state index in [4.69, 9.17) is 16.3 Å². The van der Waals surface area contributed by atoms with Crippen LogP contribution in [0, 0.1) is 0 Å².